The molecular formula is CO6. The molecule has 0 aliphatic heterocycles. The first-order chi connectivity index (χ1) is 2.83. The quantitative estimate of drug-likeness (QED) is 0.206. The fourth-order valence-corrected chi connectivity index (χ4v) is 0. The predicted molar refractivity (Wildman–Crippen MR) is 12.4 cm³/mol. The minimum Gasteiger partial charge on any atom is -0.186 e. The van der Waals surface area contributed by atoms with Crippen molar-refractivity contribution < 1.29 is 20.3 Å². The summed E-state index contributed by atoms with van der Waals surface area (Å²) in [6.07, 6.45) is 0.250. The van der Waals surface area contributed by atoms with Crippen molar-refractivity contribution >= 4 is 6.15 Å². The summed E-state index contributed by atoms with van der Waals surface area (Å²) in [6, 6.07) is 0. The Morgan fingerprint density at radius 1 is 1.43 bits per heavy atom. The Bertz CT molecular complexity index is 49.2. The highest BCUT2D eigenvalue weighted by molar-refractivity contribution is 5.20. The van der Waals surface area contributed by atoms with Gasteiger partial charge in [0.15, 0.2) is 4.75 Å². The molecule has 0 atom stereocenters. The minimum absolute atomic E-state index is 0. The van der Waals surface area contributed by atoms with Crippen LogP contribution in [-0.4, -0.2) is 6.15 Å². The van der Waals surface area contributed by atoms with E-state index in [0.717, 1.165) is 0 Å². The van der Waals surface area contributed by atoms with E-state index in [-0.39, 0.29) is 11.6 Å². The molecule has 0 heterocycles. The van der Waals surface area contributed by atoms with Gasteiger partial charge in [-0.3, -0.25) is 0 Å². The molecule has 0 bridgehead atoms. The molecule has 0 N–H and O–H groups in total. The van der Waals surface area contributed by atoms with Crippen molar-refractivity contribution in [1.29, 1.82) is 0 Å². The van der Waals surface area contributed by atoms with Crippen LogP contribution in [0.5, 0.6) is 0 Å². The average Bonchev–Trinajstić information content (AvgIpc) is 1.39. The maximum atomic E-state index is 8.12. The minimum atomic E-state index is 0. The molecular weight excluding hydrogens is 108 g/mol. The van der Waals surface area contributed by atoms with E-state index >= 15 is 0 Å². The van der Waals surface area contributed by atoms with E-state index in [4.69, 9.17) is 19.8 Å². The van der Waals surface area contributed by atoms with Gasteiger partial charge in [-0.2, -0.15) is 9.59 Å². The SMILES string of the molecule is O=C=O.O=[O+][O-].[O]. The zero-order valence-corrected chi connectivity index (χ0v) is 2.95. The van der Waals surface area contributed by atoms with Gasteiger partial charge in [-0.25, -0.2) is 0 Å². The Kier molecular flexibility index (Phi) is 297. The number of hydrogen-bond acceptors (Lipinski definition) is 4. The Morgan fingerprint density at radius 2 is 1.43 bits per heavy atom. The molecule has 40 valence electrons. The Hall–Kier alpha value is -1.26. The van der Waals surface area contributed by atoms with Crippen LogP contribution in [0.15, 0.2) is 0 Å². The summed E-state index contributed by atoms with van der Waals surface area (Å²) in [6.45, 7) is 0. The molecule has 0 aromatic carbocycles. The third kappa shape index (κ3) is 22.4. The molecule has 0 aliphatic carbocycles. The molecule has 0 amide bonds. The molecule has 7 heavy (non-hydrogen) atoms. The van der Waals surface area contributed by atoms with E-state index in [0.29, 0.717) is 0 Å². The summed E-state index contributed by atoms with van der Waals surface area (Å²) in [4.78, 5) is 24.1. The lowest BCUT2D eigenvalue weighted by atomic mass is 11.8. The van der Waals surface area contributed by atoms with E-state index in [9.17, 15) is 0 Å². The van der Waals surface area contributed by atoms with Crippen molar-refractivity contribution in [2.45, 2.75) is 0 Å². The second-order valence-corrected chi connectivity index (χ2v) is 0.151. The molecule has 0 aromatic rings. The molecule has 0 saturated carbocycles. The van der Waals surface area contributed by atoms with Crippen LogP contribution in [-0.2, 0) is 15.1 Å². The number of hydrogen-bond donors (Lipinski definition) is 0. The van der Waals surface area contributed by atoms with Crippen molar-refractivity contribution in [2.75, 3.05) is 0 Å². The van der Waals surface area contributed by atoms with Crippen LogP contribution < -0.4 is 5.26 Å². The zero-order valence-electron chi connectivity index (χ0n) is 2.95. The van der Waals surface area contributed by atoms with E-state index in [1.165, 1.54) is 0 Å². The lowest BCUT2D eigenvalue weighted by molar-refractivity contribution is -0.284. The van der Waals surface area contributed by atoms with Crippen molar-refractivity contribution in [3.63, 3.8) is 0 Å². The fraction of sp³-hybridized carbons (Fsp3) is 0. The molecule has 2 radical (unpaired) electrons. The second kappa shape index (κ2) is 121. The highest BCUT2D eigenvalue weighted by Crippen LogP contribution is 1.00. The van der Waals surface area contributed by atoms with Gasteiger partial charge in [-0.05, 0) is 0 Å². The van der Waals surface area contributed by atoms with E-state index in [1.54, 1.807) is 4.75 Å². The van der Waals surface area contributed by atoms with Gasteiger partial charge in [0.1, 0.15) is 0 Å². The average molecular weight is 108 g/mol. The largest absolute Gasteiger partial charge is 0.373 e. The smallest absolute Gasteiger partial charge is 0.186 e. The van der Waals surface area contributed by atoms with Gasteiger partial charge in [0.25, 0.3) is 0 Å². The first kappa shape index (κ1) is 17.2. The van der Waals surface area contributed by atoms with Crippen LogP contribution in [0, 0.1) is 9.71 Å². The van der Waals surface area contributed by atoms with E-state index < -0.39 is 0 Å². The third-order valence-electron chi connectivity index (χ3n) is 0. The van der Waals surface area contributed by atoms with Crippen molar-refractivity contribution in [3.05, 3.63) is 9.71 Å². The summed E-state index contributed by atoms with van der Waals surface area (Å²) in [5.74, 6) is 0. The number of rotatable bonds is 0. The van der Waals surface area contributed by atoms with E-state index in [2.05, 4.69) is 0 Å². The monoisotopic (exact) mass is 108 g/mol. The maximum Gasteiger partial charge on any atom is 0.373 e. The van der Waals surface area contributed by atoms with Gasteiger partial charge >= 0.3 is 6.15 Å². The topological polar surface area (TPSA) is 114 Å². The van der Waals surface area contributed by atoms with Crippen LogP contribution in [0.3, 0.4) is 0 Å². The molecule has 0 aromatic heterocycles. The lowest BCUT2D eigenvalue weighted by Gasteiger charge is -1.19. The van der Waals surface area contributed by atoms with Crippen molar-refractivity contribution in [1.82, 2.24) is 0 Å². The summed E-state index contributed by atoms with van der Waals surface area (Å²) >= 11 is 0. The molecule has 6 nitrogen and oxygen atoms in total. The molecule has 0 aliphatic rings. The van der Waals surface area contributed by atoms with Gasteiger partial charge in [0.2, 0.25) is 0 Å². The van der Waals surface area contributed by atoms with Crippen LogP contribution >= 0.6 is 0 Å². The Labute approximate surface area is 37.5 Å². The molecule has 0 unspecified atom stereocenters. The van der Waals surface area contributed by atoms with Crippen LogP contribution in [0.2, 0.25) is 0 Å². The molecule has 0 saturated heterocycles. The molecule has 0 fully saturated rings. The van der Waals surface area contributed by atoms with Crippen LogP contribution in [0.25, 0.3) is 0 Å². The van der Waals surface area contributed by atoms with Crippen LogP contribution in [0.1, 0.15) is 0 Å². The van der Waals surface area contributed by atoms with Gasteiger partial charge in [-0.1, -0.05) is 10.2 Å². The van der Waals surface area contributed by atoms with Crippen molar-refractivity contribution in [3.8, 4) is 0 Å². The number of carbonyl (C=O) groups excluding carboxylic acids is 2. The normalized spacial score (nSPS) is 2.86. The standard InChI is InChI=1S/CO2.O3.O/c2-1-3;1-3-2;. The predicted octanol–water partition coefficient (Wildman–Crippen LogP) is -1.82. The lowest BCUT2D eigenvalue weighted by Crippen LogP contribution is -1.82. The Balaban J connectivity index is -0.0000000400. The van der Waals surface area contributed by atoms with Gasteiger partial charge < -0.3 is 0 Å². The third-order valence-corrected chi connectivity index (χ3v) is 0. The molecule has 6 heteroatoms. The highest BCUT2D eigenvalue weighted by Gasteiger charge is 1.27. The van der Waals surface area contributed by atoms with Crippen molar-refractivity contribution in [2.24, 2.45) is 0 Å². The summed E-state index contributed by atoms with van der Waals surface area (Å²) in [5.41, 5.74) is 0. The summed E-state index contributed by atoms with van der Waals surface area (Å²) in [5, 5.41) is 7.88. The first-order valence-corrected chi connectivity index (χ1v) is 0.742. The Morgan fingerprint density at radius 3 is 1.43 bits per heavy atom. The first-order valence-electron chi connectivity index (χ1n) is 0.742. The van der Waals surface area contributed by atoms with Gasteiger partial charge in [0, 0.05) is 5.48 Å². The molecule has 0 spiro atoms. The van der Waals surface area contributed by atoms with Gasteiger partial charge in [0.05, 0.1) is 0 Å². The zero-order chi connectivity index (χ0) is 5.41. The van der Waals surface area contributed by atoms with E-state index in [1.807, 2.05) is 0 Å². The maximum absolute atomic E-state index is 8.12. The van der Waals surface area contributed by atoms with Gasteiger partial charge in [-0.15, -0.1) is 0 Å². The molecule has 0 rings (SSSR count). The second-order valence-electron chi connectivity index (χ2n) is 0.151. The summed E-state index contributed by atoms with van der Waals surface area (Å²) in [7, 11) is 0. The fourth-order valence-electron chi connectivity index (χ4n) is 0. The summed E-state index contributed by atoms with van der Waals surface area (Å²) < 4.78 is 1.75. The van der Waals surface area contributed by atoms with Crippen LogP contribution in [0.4, 0.5) is 0 Å². The highest BCUT2D eigenvalue weighted by atomic mass is 17.2.